The number of aromatic nitrogens is 1. The number of aromatic amines is 1. The van der Waals surface area contributed by atoms with E-state index in [1.807, 2.05) is 31.3 Å². The third-order valence-electron chi connectivity index (χ3n) is 3.33. The lowest BCUT2D eigenvalue weighted by Crippen LogP contribution is -2.42. The van der Waals surface area contributed by atoms with Gasteiger partial charge in [-0.2, -0.15) is 0 Å². The maximum atomic E-state index is 12.4. The zero-order chi connectivity index (χ0) is 15.4. The molecule has 0 aliphatic carbocycles. The van der Waals surface area contributed by atoms with Gasteiger partial charge in [-0.15, -0.1) is 0 Å². The Kier molecular flexibility index (Phi) is 4.57. The summed E-state index contributed by atoms with van der Waals surface area (Å²) in [5, 5.41) is 11.9. The van der Waals surface area contributed by atoms with Gasteiger partial charge in [-0.3, -0.25) is 4.79 Å². The lowest BCUT2D eigenvalue weighted by atomic mass is 10.1. The summed E-state index contributed by atoms with van der Waals surface area (Å²) in [4.78, 5) is 25.4. The molecule has 5 nitrogen and oxygen atoms in total. The van der Waals surface area contributed by atoms with Crippen molar-refractivity contribution in [3.8, 4) is 0 Å². The quantitative estimate of drug-likeness (QED) is 0.761. The van der Waals surface area contributed by atoms with Gasteiger partial charge >= 0.3 is 5.97 Å². The number of aliphatic carboxylic acids is 1. The fraction of sp³-hybridized carbons (Fsp3) is 0.333. The van der Waals surface area contributed by atoms with E-state index >= 15 is 0 Å². The minimum Gasteiger partial charge on any atom is -0.480 e. The molecule has 1 amide bonds. The highest BCUT2D eigenvalue weighted by atomic mass is 19.1. The van der Waals surface area contributed by atoms with E-state index in [1.165, 1.54) is 0 Å². The molecule has 1 unspecified atom stereocenters. The molecular formula is C15H17FN2O3. The van der Waals surface area contributed by atoms with Crippen LogP contribution in [0, 0.1) is 6.92 Å². The minimum atomic E-state index is -1.47. The lowest BCUT2D eigenvalue weighted by molar-refractivity contribution is -0.142. The topological polar surface area (TPSA) is 82.2 Å². The Bertz CT molecular complexity index is 666. The number of carbonyl (C=O) groups is 2. The first kappa shape index (κ1) is 15.0. The monoisotopic (exact) mass is 292 g/mol. The molecular weight excluding hydrogens is 275 g/mol. The first-order valence-corrected chi connectivity index (χ1v) is 6.66. The van der Waals surface area contributed by atoms with Crippen LogP contribution in [0.4, 0.5) is 4.39 Å². The van der Waals surface area contributed by atoms with E-state index in [9.17, 15) is 14.0 Å². The molecule has 1 aromatic carbocycles. The number of H-pyrrole nitrogens is 1. The Morgan fingerprint density at radius 2 is 2.19 bits per heavy atom. The summed E-state index contributed by atoms with van der Waals surface area (Å²) in [6.45, 7) is 0.870. The molecule has 6 heteroatoms. The van der Waals surface area contributed by atoms with Crippen molar-refractivity contribution in [2.75, 3.05) is 6.67 Å². The van der Waals surface area contributed by atoms with Gasteiger partial charge in [0.15, 0.2) is 6.04 Å². The lowest BCUT2D eigenvalue weighted by Gasteiger charge is -2.10. The Labute approximate surface area is 121 Å². The van der Waals surface area contributed by atoms with E-state index in [-0.39, 0.29) is 6.42 Å². The van der Waals surface area contributed by atoms with Crippen LogP contribution in [0.15, 0.2) is 24.4 Å². The van der Waals surface area contributed by atoms with Crippen LogP contribution in [0.5, 0.6) is 0 Å². The number of benzene rings is 1. The molecule has 0 fully saturated rings. The van der Waals surface area contributed by atoms with Gasteiger partial charge in [0.1, 0.15) is 6.67 Å². The van der Waals surface area contributed by atoms with Crippen LogP contribution < -0.4 is 5.32 Å². The summed E-state index contributed by atoms with van der Waals surface area (Å²) in [7, 11) is 0. The summed E-state index contributed by atoms with van der Waals surface area (Å²) in [6, 6.07) is 4.52. The smallest absolute Gasteiger partial charge is 0.328 e. The largest absolute Gasteiger partial charge is 0.480 e. The Morgan fingerprint density at radius 3 is 2.86 bits per heavy atom. The third kappa shape index (κ3) is 3.59. The molecule has 1 atom stereocenters. The van der Waals surface area contributed by atoms with Gasteiger partial charge in [-0.1, -0.05) is 11.6 Å². The summed E-state index contributed by atoms with van der Waals surface area (Å²) in [5.41, 5.74) is 3.09. The molecule has 0 aliphatic heterocycles. The first-order valence-electron chi connectivity index (χ1n) is 6.66. The van der Waals surface area contributed by atoms with Gasteiger partial charge in [0.05, 0.1) is 0 Å². The van der Waals surface area contributed by atoms with Crippen molar-refractivity contribution < 1.29 is 19.1 Å². The highest BCUT2D eigenvalue weighted by molar-refractivity contribution is 5.86. The standard InChI is InChI=1S/C15H17FN2O3/c1-9-2-4-12-11(6-9)10(8-17-12)3-5-14(19)18-13(7-16)15(20)21/h2,4,6,8,13,17H,3,5,7H2,1H3,(H,18,19)(H,20,21). The van der Waals surface area contributed by atoms with Crippen LogP contribution in [-0.4, -0.2) is 34.7 Å². The van der Waals surface area contributed by atoms with Crippen LogP contribution in [0.25, 0.3) is 10.9 Å². The average Bonchev–Trinajstić information content (AvgIpc) is 2.84. The molecule has 21 heavy (non-hydrogen) atoms. The SMILES string of the molecule is Cc1ccc2[nH]cc(CCC(=O)NC(CF)C(=O)O)c2c1. The molecule has 0 radical (unpaired) electrons. The molecule has 1 heterocycles. The van der Waals surface area contributed by atoms with Crippen molar-refractivity contribution in [2.45, 2.75) is 25.8 Å². The number of hydrogen-bond donors (Lipinski definition) is 3. The van der Waals surface area contributed by atoms with E-state index in [2.05, 4.69) is 10.3 Å². The number of amides is 1. The molecule has 2 rings (SSSR count). The molecule has 0 aliphatic rings. The molecule has 0 bridgehead atoms. The number of halogens is 1. The highest BCUT2D eigenvalue weighted by Gasteiger charge is 2.19. The van der Waals surface area contributed by atoms with E-state index in [0.717, 1.165) is 22.0 Å². The van der Waals surface area contributed by atoms with E-state index in [0.29, 0.717) is 6.42 Å². The number of carbonyl (C=O) groups excluding carboxylic acids is 1. The van der Waals surface area contributed by atoms with Crippen LogP contribution >= 0.6 is 0 Å². The van der Waals surface area contributed by atoms with E-state index < -0.39 is 24.6 Å². The van der Waals surface area contributed by atoms with Crippen LogP contribution in [-0.2, 0) is 16.0 Å². The normalized spacial score (nSPS) is 12.3. The van der Waals surface area contributed by atoms with Gasteiger partial charge in [0, 0.05) is 23.5 Å². The van der Waals surface area contributed by atoms with Crippen molar-refractivity contribution >= 4 is 22.8 Å². The molecule has 2 aromatic rings. The third-order valence-corrected chi connectivity index (χ3v) is 3.33. The Hall–Kier alpha value is -2.37. The fourth-order valence-electron chi connectivity index (χ4n) is 2.18. The first-order chi connectivity index (χ1) is 10.0. The van der Waals surface area contributed by atoms with Crippen molar-refractivity contribution in [3.63, 3.8) is 0 Å². The molecule has 0 spiro atoms. The van der Waals surface area contributed by atoms with Crippen LogP contribution in [0.3, 0.4) is 0 Å². The van der Waals surface area contributed by atoms with Crippen LogP contribution in [0.2, 0.25) is 0 Å². The summed E-state index contributed by atoms with van der Waals surface area (Å²) >= 11 is 0. The van der Waals surface area contributed by atoms with Gasteiger partial charge in [-0.05, 0) is 31.0 Å². The number of carboxylic acid groups (broad SMARTS) is 1. The van der Waals surface area contributed by atoms with Crippen molar-refractivity contribution in [2.24, 2.45) is 0 Å². The molecule has 0 saturated carbocycles. The number of carboxylic acids is 1. The predicted molar refractivity (Wildman–Crippen MR) is 76.9 cm³/mol. The van der Waals surface area contributed by atoms with Crippen LogP contribution in [0.1, 0.15) is 17.5 Å². The number of aryl methyl sites for hydroxylation is 2. The van der Waals surface area contributed by atoms with Gasteiger partial charge in [0.25, 0.3) is 0 Å². The maximum Gasteiger partial charge on any atom is 0.328 e. The second-order valence-corrected chi connectivity index (χ2v) is 4.98. The van der Waals surface area contributed by atoms with E-state index in [4.69, 9.17) is 5.11 Å². The summed E-state index contributed by atoms with van der Waals surface area (Å²) in [5.74, 6) is -1.84. The van der Waals surface area contributed by atoms with E-state index in [1.54, 1.807) is 0 Å². The molecule has 1 aromatic heterocycles. The number of fused-ring (bicyclic) bond motifs is 1. The second-order valence-electron chi connectivity index (χ2n) is 4.98. The Morgan fingerprint density at radius 1 is 1.43 bits per heavy atom. The number of rotatable bonds is 6. The molecule has 112 valence electrons. The van der Waals surface area contributed by atoms with Crippen molar-refractivity contribution in [3.05, 3.63) is 35.5 Å². The van der Waals surface area contributed by atoms with Gasteiger partial charge in [0.2, 0.25) is 5.91 Å². The number of nitrogens with one attached hydrogen (secondary N) is 2. The predicted octanol–water partition coefficient (Wildman–Crippen LogP) is 1.95. The highest BCUT2D eigenvalue weighted by Crippen LogP contribution is 2.20. The summed E-state index contributed by atoms with van der Waals surface area (Å²) < 4.78 is 12.4. The maximum absolute atomic E-state index is 12.4. The minimum absolute atomic E-state index is 0.116. The Balaban J connectivity index is 2.00. The molecule has 0 saturated heterocycles. The number of hydrogen-bond acceptors (Lipinski definition) is 2. The average molecular weight is 292 g/mol. The van der Waals surface area contributed by atoms with Gasteiger partial charge in [-0.25, -0.2) is 9.18 Å². The number of alkyl halides is 1. The zero-order valence-corrected chi connectivity index (χ0v) is 11.6. The van der Waals surface area contributed by atoms with Crippen molar-refractivity contribution in [1.29, 1.82) is 0 Å². The zero-order valence-electron chi connectivity index (χ0n) is 11.6. The van der Waals surface area contributed by atoms with Gasteiger partial charge < -0.3 is 15.4 Å². The van der Waals surface area contributed by atoms with Crippen molar-refractivity contribution in [1.82, 2.24) is 10.3 Å². The second kappa shape index (κ2) is 6.39. The summed E-state index contributed by atoms with van der Waals surface area (Å²) in [6.07, 6.45) is 2.42. The fourth-order valence-corrected chi connectivity index (χ4v) is 2.18. The molecule has 3 N–H and O–H groups in total.